The van der Waals surface area contributed by atoms with Gasteiger partial charge in [-0.1, -0.05) is 273 Å². The standard InChI is InChI=1S/C65H126O17P2/c1-7-9-11-13-15-30-37-43-49-64(69)81-60(53-75-62(67)47-41-35-27-14-12-10-8-2)55-79-83(71,72)77-51-59(66)52-78-84(73,74)80-56-61(54-76-63(68)48-42-36-31-25-22-18-20-24-29-34-40-46-58(5)6)82-65(70)50-44-38-32-26-21-17-16-19-23-28-33-39-45-57(3)4/h57-61,66H,7-56H2,1-6H3,(H,71,72)(H,73,74)/t59-,60+,61+/m0/s1. The highest BCUT2D eigenvalue weighted by atomic mass is 31.2. The van der Waals surface area contributed by atoms with Crippen LogP contribution < -0.4 is 0 Å². The number of carbonyl (C=O) groups excluding carboxylic acids is 4. The third-order valence-electron chi connectivity index (χ3n) is 15.0. The number of phosphoric ester groups is 2. The number of esters is 4. The minimum Gasteiger partial charge on any atom is -0.462 e. The van der Waals surface area contributed by atoms with Gasteiger partial charge in [0, 0.05) is 25.7 Å². The van der Waals surface area contributed by atoms with Crippen LogP contribution in [0.3, 0.4) is 0 Å². The molecule has 0 aliphatic heterocycles. The molecule has 0 fully saturated rings. The highest BCUT2D eigenvalue weighted by molar-refractivity contribution is 7.47. The van der Waals surface area contributed by atoms with Crippen LogP contribution in [0.15, 0.2) is 0 Å². The monoisotopic (exact) mass is 1240 g/mol. The summed E-state index contributed by atoms with van der Waals surface area (Å²) < 4.78 is 67.9. The Balaban J connectivity index is 5.19. The van der Waals surface area contributed by atoms with E-state index in [1.54, 1.807) is 0 Å². The summed E-state index contributed by atoms with van der Waals surface area (Å²) in [6.45, 7) is 9.45. The molecular weight excluding hydrogens is 1110 g/mol. The van der Waals surface area contributed by atoms with E-state index in [9.17, 15) is 43.2 Å². The Kier molecular flexibility index (Phi) is 56.2. The van der Waals surface area contributed by atoms with E-state index in [-0.39, 0.29) is 25.7 Å². The quantitative estimate of drug-likeness (QED) is 0.0222. The Morgan fingerprint density at radius 3 is 0.810 bits per heavy atom. The normalized spacial score (nSPS) is 14.3. The Morgan fingerprint density at radius 2 is 0.548 bits per heavy atom. The van der Waals surface area contributed by atoms with Crippen LogP contribution in [0.25, 0.3) is 0 Å². The molecule has 0 bridgehead atoms. The summed E-state index contributed by atoms with van der Waals surface area (Å²) in [5, 5.41) is 10.5. The van der Waals surface area contributed by atoms with E-state index in [2.05, 4.69) is 41.5 Å². The van der Waals surface area contributed by atoms with Crippen molar-refractivity contribution in [1.29, 1.82) is 0 Å². The summed E-state index contributed by atoms with van der Waals surface area (Å²) >= 11 is 0. The lowest BCUT2D eigenvalue weighted by atomic mass is 10.0. The molecular formula is C65H126O17P2. The molecule has 17 nitrogen and oxygen atoms in total. The molecule has 84 heavy (non-hydrogen) atoms. The van der Waals surface area contributed by atoms with Gasteiger partial charge in [0.15, 0.2) is 12.2 Å². The minimum atomic E-state index is -4.95. The fraction of sp³-hybridized carbons (Fsp3) is 0.938. The zero-order chi connectivity index (χ0) is 62.2. The maximum absolute atomic E-state index is 13.0. The van der Waals surface area contributed by atoms with Crippen LogP contribution in [0.1, 0.15) is 324 Å². The number of unbranched alkanes of at least 4 members (excludes halogenated alkanes) is 34. The average molecular weight is 1240 g/mol. The molecule has 0 aliphatic carbocycles. The van der Waals surface area contributed by atoms with Crippen molar-refractivity contribution in [3.8, 4) is 0 Å². The molecule has 19 heteroatoms. The van der Waals surface area contributed by atoms with Gasteiger partial charge in [-0.3, -0.25) is 37.3 Å². The van der Waals surface area contributed by atoms with Crippen LogP contribution in [0.4, 0.5) is 0 Å². The number of ether oxygens (including phenoxy) is 4. The lowest BCUT2D eigenvalue weighted by Gasteiger charge is -2.21. The molecule has 0 aromatic carbocycles. The Morgan fingerprint density at radius 1 is 0.321 bits per heavy atom. The zero-order valence-electron chi connectivity index (χ0n) is 54.2. The first-order valence-electron chi connectivity index (χ1n) is 34.0. The molecule has 0 aliphatic rings. The first-order valence-corrected chi connectivity index (χ1v) is 37.0. The molecule has 0 amide bonds. The first kappa shape index (κ1) is 82.1. The number of hydrogen-bond acceptors (Lipinski definition) is 15. The lowest BCUT2D eigenvalue weighted by molar-refractivity contribution is -0.161. The molecule has 2 unspecified atom stereocenters. The van der Waals surface area contributed by atoms with E-state index in [4.69, 9.17) is 37.0 Å². The van der Waals surface area contributed by atoms with Gasteiger partial charge in [0.05, 0.1) is 26.4 Å². The number of aliphatic hydroxyl groups is 1. The smallest absolute Gasteiger partial charge is 0.462 e. The topological polar surface area (TPSA) is 237 Å². The zero-order valence-corrected chi connectivity index (χ0v) is 56.0. The van der Waals surface area contributed by atoms with Crippen molar-refractivity contribution < 1.29 is 80.2 Å². The van der Waals surface area contributed by atoms with Gasteiger partial charge in [-0.15, -0.1) is 0 Å². The van der Waals surface area contributed by atoms with E-state index in [1.165, 1.54) is 122 Å². The highest BCUT2D eigenvalue weighted by Gasteiger charge is 2.30. The van der Waals surface area contributed by atoms with E-state index in [0.717, 1.165) is 121 Å². The Labute approximate surface area is 511 Å². The first-order chi connectivity index (χ1) is 40.4. The van der Waals surface area contributed by atoms with E-state index < -0.39 is 97.5 Å². The van der Waals surface area contributed by atoms with Gasteiger partial charge >= 0.3 is 39.5 Å². The van der Waals surface area contributed by atoms with Crippen LogP contribution in [0.2, 0.25) is 0 Å². The Bertz CT molecular complexity index is 1650. The largest absolute Gasteiger partial charge is 0.472 e. The summed E-state index contributed by atoms with van der Waals surface area (Å²) in [4.78, 5) is 72.1. The number of rotatable bonds is 64. The molecule has 0 heterocycles. The fourth-order valence-electron chi connectivity index (χ4n) is 9.71. The van der Waals surface area contributed by atoms with Crippen LogP contribution in [-0.2, 0) is 65.4 Å². The van der Waals surface area contributed by atoms with Gasteiger partial charge in [-0.2, -0.15) is 0 Å². The van der Waals surface area contributed by atoms with Gasteiger partial charge in [-0.25, -0.2) is 9.13 Å². The summed E-state index contributed by atoms with van der Waals surface area (Å²) in [6, 6.07) is 0. The van der Waals surface area contributed by atoms with Crippen LogP contribution in [-0.4, -0.2) is 96.7 Å². The van der Waals surface area contributed by atoms with Gasteiger partial charge in [0.2, 0.25) is 0 Å². The second-order valence-corrected chi connectivity index (χ2v) is 27.4. The molecule has 0 aromatic rings. The Hall–Kier alpha value is -1.94. The summed E-state index contributed by atoms with van der Waals surface area (Å²) in [5.41, 5.74) is 0. The molecule has 0 saturated carbocycles. The maximum Gasteiger partial charge on any atom is 0.472 e. The number of phosphoric acid groups is 2. The van der Waals surface area contributed by atoms with Crippen molar-refractivity contribution >= 4 is 39.5 Å². The third-order valence-corrected chi connectivity index (χ3v) is 16.9. The molecule has 0 radical (unpaired) electrons. The predicted molar refractivity (Wildman–Crippen MR) is 335 cm³/mol. The SMILES string of the molecule is CCCCCCCCCCC(=O)O[C@H](COC(=O)CCCCCCCCC)COP(=O)(O)OC[C@H](O)COP(=O)(O)OC[C@@H](COC(=O)CCCCCCCCCCCCCC(C)C)OC(=O)CCCCCCCCCCCCCCC(C)C. The van der Waals surface area contributed by atoms with E-state index in [1.807, 2.05) is 0 Å². The fourth-order valence-corrected chi connectivity index (χ4v) is 11.3. The number of hydrogen-bond donors (Lipinski definition) is 3. The van der Waals surface area contributed by atoms with Crippen LogP contribution >= 0.6 is 15.6 Å². The second-order valence-electron chi connectivity index (χ2n) is 24.5. The average Bonchev–Trinajstić information content (AvgIpc) is 3.57. The predicted octanol–water partition coefficient (Wildman–Crippen LogP) is 18.0. The van der Waals surface area contributed by atoms with Crippen molar-refractivity contribution in [3.63, 3.8) is 0 Å². The molecule has 5 atom stereocenters. The van der Waals surface area contributed by atoms with Crippen molar-refractivity contribution in [2.45, 2.75) is 342 Å². The van der Waals surface area contributed by atoms with Crippen LogP contribution in [0, 0.1) is 11.8 Å². The van der Waals surface area contributed by atoms with Crippen LogP contribution in [0.5, 0.6) is 0 Å². The van der Waals surface area contributed by atoms with Crippen molar-refractivity contribution in [2.75, 3.05) is 39.6 Å². The van der Waals surface area contributed by atoms with Crippen molar-refractivity contribution in [1.82, 2.24) is 0 Å². The molecule has 0 aromatic heterocycles. The second kappa shape index (κ2) is 57.5. The summed E-state index contributed by atoms with van der Waals surface area (Å²) in [6.07, 6.45) is 40.5. The van der Waals surface area contributed by atoms with Gasteiger partial charge < -0.3 is 33.8 Å². The molecule has 3 N–H and O–H groups in total. The van der Waals surface area contributed by atoms with E-state index in [0.29, 0.717) is 25.7 Å². The minimum absolute atomic E-state index is 0.104. The number of aliphatic hydroxyl groups excluding tert-OH is 1. The van der Waals surface area contributed by atoms with Gasteiger partial charge in [0.25, 0.3) is 0 Å². The van der Waals surface area contributed by atoms with Gasteiger partial charge in [-0.05, 0) is 37.5 Å². The summed E-state index contributed by atoms with van der Waals surface area (Å²) in [5.74, 6) is -0.590. The van der Waals surface area contributed by atoms with Crippen molar-refractivity contribution in [3.05, 3.63) is 0 Å². The van der Waals surface area contributed by atoms with Crippen molar-refractivity contribution in [2.24, 2.45) is 11.8 Å². The molecule has 0 spiro atoms. The molecule has 0 saturated heterocycles. The van der Waals surface area contributed by atoms with E-state index >= 15 is 0 Å². The molecule has 0 rings (SSSR count). The van der Waals surface area contributed by atoms with Gasteiger partial charge in [0.1, 0.15) is 19.3 Å². The lowest BCUT2D eigenvalue weighted by Crippen LogP contribution is -2.30. The number of carbonyl (C=O) groups is 4. The third kappa shape index (κ3) is 59.0. The summed E-state index contributed by atoms with van der Waals surface area (Å²) in [7, 11) is -9.88. The molecule has 498 valence electrons. The maximum atomic E-state index is 13.0. The highest BCUT2D eigenvalue weighted by Crippen LogP contribution is 2.45.